The van der Waals surface area contributed by atoms with Crippen molar-refractivity contribution in [2.45, 2.75) is 78.8 Å². The summed E-state index contributed by atoms with van der Waals surface area (Å²) in [6.45, 7) is 9.00. The van der Waals surface area contributed by atoms with E-state index in [1.54, 1.807) is 27.8 Å². The van der Waals surface area contributed by atoms with Gasteiger partial charge in [-0.1, -0.05) is 34.6 Å². The maximum absolute atomic E-state index is 12.3. The second kappa shape index (κ2) is 11.9. The minimum Gasteiger partial charge on any atom is -0.346 e. The van der Waals surface area contributed by atoms with E-state index in [4.69, 9.17) is 0 Å². The van der Waals surface area contributed by atoms with Crippen LogP contribution >= 0.6 is 0 Å². The van der Waals surface area contributed by atoms with Crippen LogP contribution in [0.15, 0.2) is 0 Å². The van der Waals surface area contributed by atoms with Crippen molar-refractivity contribution >= 4 is 23.3 Å². The molecule has 0 saturated carbocycles. The van der Waals surface area contributed by atoms with E-state index in [2.05, 4.69) is 10.6 Å². The number of rotatable bonds is 13. The van der Waals surface area contributed by atoms with E-state index >= 15 is 0 Å². The van der Waals surface area contributed by atoms with Gasteiger partial charge in [-0.3, -0.25) is 19.2 Å². The van der Waals surface area contributed by atoms with Gasteiger partial charge in [0.25, 0.3) is 0 Å². The SMILES string of the molecule is CCC(=O)CCC(NC(=O)CCC(NC)C(=O)C(C)C)C(=O)C(C)C. The standard InChI is InChI=1S/C19H34N2O4/c1-7-14(22)8-9-16(19(25)13(4)5)21-17(23)11-10-15(20-6)18(24)12(2)3/h12-13,15-16,20H,7-11H2,1-6H3,(H,21,23). The topological polar surface area (TPSA) is 92.3 Å². The van der Waals surface area contributed by atoms with Crippen molar-refractivity contribution in [3.8, 4) is 0 Å². The number of carbonyl (C=O) groups excluding carboxylic acids is 4. The van der Waals surface area contributed by atoms with E-state index < -0.39 is 6.04 Å². The van der Waals surface area contributed by atoms with Gasteiger partial charge in [0.05, 0.1) is 12.1 Å². The van der Waals surface area contributed by atoms with Crippen LogP contribution in [-0.4, -0.2) is 42.4 Å². The molecule has 0 spiro atoms. The molecule has 0 heterocycles. The minimum absolute atomic E-state index is 0.0682. The van der Waals surface area contributed by atoms with Gasteiger partial charge in [-0.2, -0.15) is 0 Å². The highest BCUT2D eigenvalue weighted by Gasteiger charge is 2.25. The Hall–Kier alpha value is -1.56. The first-order valence-electron chi connectivity index (χ1n) is 9.19. The van der Waals surface area contributed by atoms with Gasteiger partial charge in [-0.15, -0.1) is 0 Å². The van der Waals surface area contributed by atoms with Gasteiger partial charge >= 0.3 is 0 Å². The lowest BCUT2D eigenvalue weighted by atomic mass is 9.95. The molecule has 2 unspecified atom stereocenters. The highest BCUT2D eigenvalue weighted by atomic mass is 16.2. The van der Waals surface area contributed by atoms with Crippen molar-refractivity contribution in [3.05, 3.63) is 0 Å². The van der Waals surface area contributed by atoms with Gasteiger partial charge in [-0.05, 0) is 19.9 Å². The number of likely N-dealkylation sites (N-methyl/N-ethyl adjacent to an activating group) is 1. The zero-order chi connectivity index (χ0) is 19.6. The molecular weight excluding hydrogens is 320 g/mol. The Morgan fingerprint density at radius 3 is 1.72 bits per heavy atom. The fraction of sp³-hybridized carbons (Fsp3) is 0.789. The number of carbonyl (C=O) groups is 4. The first kappa shape index (κ1) is 23.4. The first-order chi connectivity index (χ1) is 11.6. The maximum atomic E-state index is 12.3. The maximum Gasteiger partial charge on any atom is 0.220 e. The molecule has 6 nitrogen and oxygen atoms in total. The number of ketones is 3. The van der Waals surface area contributed by atoms with Crippen molar-refractivity contribution in [2.24, 2.45) is 11.8 Å². The zero-order valence-electron chi connectivity index (χ0n) is 16.5. The molecule has 0 rings (SSSR count). The van der Waals surface area contributed by atoms with Gasteiger partial charge in [0, 0.05) is 31.1 Å². The summed E-state index contributed by atoms with van der Waals surface area (Å²) >= 11 is 0. The molecule has 6 heteroatoms. The number of amides is 1. The van der Waals surface area contributed by atoms with Crippen LogP contribution in [0.1, 0.15) is 66.7 Å². The Balaban J connectivity index is 4.71. The second-order valence-corrected chi connectivity index (χ2v) is 7.05. The summed E-state index contributed by atoms with van der Waals surface area (Å²) in [4.78, 5) is 48.0. The van der Waals surface area contributed by atoms with Crippen LogP contribution in [0.25, 0.3) is 0 Å². The molecule has 2 N–H and O–H groups in total. The van der Waals surface area contributed by atoms with E-state index in [0.717, 1.165) is 0 Å². The Morgan fingerprint density at radius 2 is 1.28 bits per heavy atom. The normalized spacial score (nSPS) is 13.6. The molecule has 1 amide bonds. The first-order valence-corrected chi connectivity index (χ1v) is 9.19. The smallest absolute Gasteiger partial charge is 0.220 e. The molecule has 0 bridgehead atoms. The lowest BCUT2D eigenvalue weighted by molar-refractivity contribution is -0.130. The lowest BCUT2D eigenvalue weighted by Crippen LogP contribution is -2.44. The molecule has 0 aromatic heterocycles. The highest BCUT2D eigenvalue weighted by molar-refractivity contribution is 5.91. The van der Waals surface area contributed by atoms with Gasteiger partial charge in [0.1, 0.15) is 5.78 Å². The summed E-state index contributed by atoms with van der Waals surface area (Å²) in [5.41, 5.74) is 0. The number of nitrogens with one attached hydrogen (secondary N) is 2. The molecule has 0 aliphatic rings. The number of Topliss-reactive ketones (excluding diaryl/α,β-unsaturated/α-hetero) is 3. The Morgan fingerprint density at radius 1 is 0.800 bits per heavy atom. The van der Waals surface area contributed by atoms with E-state index in [1.807, 2.05) is 13.8 Å². The Kier molecular flexibility index (Phi) is 11.2. The van der Waals surface area contributed by atoms with E-state index in [-0.39, 0.29) is 54.0 Å². The number of hydrogen-bond acceptors (Lipinski definition) is 5. The van der Waals surface area contributed by atoms with Gasteiger partial charge in [0.15, 0.2) is 11.6 Å². The molecule has 25 heavy (non-hydrogen) atoms. The summed E-state index contributed by atoms with van der Waals surface area (Å²) < 4.78 is 0. The lowest BCUT2D eigenvalue weighted by Gasteiger charge is -2.21. The van der Waals surface area contributed by atoms with Gasteiger partial charge < -0.3 is 10.6 Å². The predicted octanol–water partition coefficient (Wildman–Crippen LogP) is 2.05. The van der Waals surface area contributed by atoms with Gasteiger partial charge in [-0.25, -0.2) is 0 Å². The molecule has 0 aliphatic heterocycles. The van der Waals surface area contributed by atoms with Crippen molar-refractivity contribution < 1.29 is 19.2 Å². The van der Waals surface area contributed by atoms with Crippen molar-refractivity contribution in [2.75, 3.05) is 7.05 Å². The fourth-order valence-electron chi connectivity index (χ4n) is 2.54. The van der Waals surface area contributed by atoms with Crippen molar-refractivity contribution in [1.29, 1.82) is 0 Å². The third-order valence-electron chi connectivity index (χ3n) is 4.27. The second-order valence-electron chi connectivity index (χ2n) is 7.05. The van der Waals surface area contributed by atoms with Crippen molar-refractivity contribution in [3.63, 3.8) is 0 Å². The summed E-state index contributed by atoms with van der Waals surface area (Å²) in [5.74, 6) is -0.502. The molecule has 0 aromatic rings. The third kappa shape index (κ3) is 8.91. The summed E-state index contributed by atoms with van der Waals surface area (Å²) in [5, 5.41) is 5.68. The monoisotopic (exact) mass is 354 g/mol. The Bertz CT molecular complexity index is 472. The van der Waals surface area contributed by atoms with Crippen LogP contribution in [-0.2, 0) is 19.2 Å². The zero-order valence-corrected chi connectivity index (χ0v) is 16.5. The van der Waals surface area contributed by atoms with Crippen LogP contribution < -0.4 is 10.6 Å². The summed E-state index contributed by atoms with van der Waals surface area (Å²) in [7, 11) is 1.70. The summed E-state index contributed by atoms with van der Waals surface area (Å²) in [6, 6.07) is -1.01. The average Bonchev–Trinajstić information content (AvgIpc) is 2.57. The largest absolute Gasteiger partial charge is 0.346 e. The molecule has 144 valence electrons. The van der Waals surface area contributed by atoms with Crippen LogP contribution in [0.2, 0.25) is 0 Å². The molecule has 0 fully saturated rings. The average molecular weight is 354 g/mol. The molecule has 2 atom stereocenters. The molecular formula is C19H34N2O4. The molecule has 0 aliphatic carbocycles. The molecule has 0 radical (unpaired) electrons. The molecule has 0 saturated heterocycles. The van der Waals surface area contributed by atoms with Crippen LogP contribution in [0.4, 0.5) is 0 Å². The van der Waals surface area contributed by atoms with Crippen molar-refractivity contribution in [1.82, 2.24) is 10.6 Å². The summed E-state index contributed by atoms with van der Waals surface area (Å²) in [6.07, 6.45) is 1.59. The van der Waals surface area contributed by atoms with Crippen LogP contribution in [0.3, 0.4) is 0 Å². The molecule has 0 aromatic carbocycles. The van der Waals surface area contributed by atoms with Gasteiger partial charge in [0.2, 0.25) is 5.91 Å². The Labute approximate surface area is 151 Å². The van der Waals surface area contributed by atoms with Crippen LogP contribution in [0.5, 0.6) is 0 Å². The fourth-order valence-corrected chi connectivity index (χ4v) is 2.54. The van der Waals surface area contributed by atoms with E-state index in [0.29, 0.717) is 19.3 Å². The predicted molar refractivity (Wildman–Crippen MR) is 98.2 cm³/mol. The third-order valence-corrected chi connectivity index (χ3v) is 4.27. The number of hydrogen-bond donors (Lipinski definition) is 2. The minimum atomic E-state index is -0.642. The van der Waals surface area contributed by atoms with E-state index in [1.165, 1.54) is 0 Å². The van der Waals surface area contributed by atoms with E-state index in [9.17, 15) is 19.2 Å². The quantitative estimate of drug-likeness (QED) is 0.528. The highest BCUT2D eigenvalue weighted by Crippen LogP contribution is 2.10. The van der Waals surface area contributed by atoms with Crippen LogP contribution in [0, 0.1) is 11.8 Å².